The number of ether oxygens (including phenoxy) is 3. The lowest BCUT2D eigenvalue weighted by molar-refractivity contribution is -0.161. The monoisotopic (exact) mass is 1360 g/mol. The third-order valence-electron chi connectivity index (χ3n) is 13.6. The number of aliphatic hydroxyl groups excluding tert-OH is 2. The summed E-state index contributed by atoms with van der Waals surface area (Å²) in [6, 6.07) is 0. The molecule has 18 heteroatoms. The van der Waals surface area contributed by atoms with Crippen LogP contribution in [-0.2, 0) is 55.8 Å². The van der Waals surface area contributed by atoms with Gasteiger partial charge in [-0.3, -0.25) is 32.5 Å². The van der Waals surface area contributed by atoms with E-state index >= 15 is 0 Å². The molecule has 0 aliphatic heterocycles. The maximum absolute atomic E-state index is 12.9. The summed E-state index contributed by atoms with van der Waals surface area (Å²) in [6.45, 7) is 2.18. The first-order chi connectivity index (χ1) is 46.2. The molecule has 0 aromatic heterocycles. The van der Waals surface area contributed by atoms with Crippen LogP contribution in [0.4, 0.5) is 0 Å². The van der Waals surface area contributed by atoms with E-state index in [0.29, 0.717) is 19.3 Å². The average molecular weight is 1370 g/mol. The molecule has 0 saturated heterocycles. The lowest BCUT2D eigenvalue weighted by atomic mass is 10.1. The fraction of sp³-hybridized carbons (Fsp3) is 0.571. The molecule has 0 amide bonds. The van der Waals surface area contributed by atoms with E-state index in [0.717, 1.165) is 167 Å². The summed E-state index contributed by atoms with van der Waals surface area (Å²) in [5.74, 6) is -1.69. The number of esters is 3. The van der Waals surface area contributed by atoms with Gasteiger partial charge in [0.1, 0.15) is 25.4 Å². The summed E-state index contributed by atoms with van der Waals surface area (Å²) >= 11 is 0. The van der Waals surface area contributed by atoms with Gasteiger partial charge in [-0.05, 0) is 154 Å². The molecule has 0 spiro atoms. The SMILES string of the molecule is CC/C=C\C/C=C\C/C=C\C/C=C\C/C=C\C/C=C\CCCCCCC(=O)OCC(O)COP(=O)(O)OCC(O)COP(=O)(O)OCC(COC(=O)CCCC/C=C\C/C=C\C/C=C\C/C=C\C/C=C\C/C=C\CC)OC(=O)CCCCCCC/C=C\C/C=C\C/C=C\CC. The number of unbranched alkanes of at least 4 members (excludes halogenated alkanes) is 11. The van der Waals surface area contributed by atoms with Crippen LogP contribution in [-0.4, -0.2) is 95.9 Å². The van der Waals surface area contributed by atoms with Crippen LogP contribution in [0.5, 0.6) is 0 Å². The van der Waals surface area contributed by atoms with E-state index in [2.05, 4.69) is 203 Å². The average Bonchev–Trinajstić information content (AvgIpc) is 1.93. The van der Waals surface area contributed by atoms with Crippen molar-refractivity contribution in [1.29, 1.82) is 0 Å². The van der Waals surface area contributed by atoms with E-state index in [9.17, 15) is 43.5 Å². The highest BCUT2D eigenvalue weighted by Gasteiger charge is 2.29. The molecule has 5 atom stereocenters. The Morgan fingerprint density at radius 2 is 0.526 bits per heavy atom. The molecule has 0 aromatic rings. The summed E-state index contributed by atoms with van der Waals surface area (Å²) in [5.41, 5.74) is 0. The predicted octanol–water partition coefficient (Wildman–Crippen LogP) is 19.9. The van der Waals surface area contributed by atoms with Gasteiger partial charge in [-0.15, -0.1) is 0 Å². The van der Waals surface area contributed by atoms with Gasteiger partial charge in [0.05, 0.1) is 26.4 Å². The fourth-order valence-corrected chi connectivity index (χ4v) is 9.94. The second-order valence-corrected chi connectivity index (χ2v) is 25.4. The van der Waals surface area contributed by atoms with Gasteiger partial charge in [0.2, 0.25) is 0 Å². The van der Waals surface area contributed by atoms with Gasteiger partial charge < -0.3 is 34.2 Å². The van der Waals surface area contributed by atoms with Gasteiger partial charge in [-0.2, -0.15) is 0 Å². The zero-order valence-electron chi connectivity index (χ0n) is 58.0. The molecule has 16 nitrogen and oxygen atoms in total. The zero-order chi connectivity index (χ0) is 69.5. The van der Waals surface area contributed by atoms with E-state index in [1.807, 2.05) is 0 Å². The maximum atomic E-state index is 12.9. The minimum absolute atomic E-state index is 0.0666. The number of rotatable bonds is 64. The molecule has 5 unspecified atom stereocenters. The molecule has 536 valence electrons. The maximum Gasteiger partial charge on any atom is 0.472 e. The van der Waals surface area contributed by atoms with Gasteiger partial charge in [-0.25, -0.2) is 9.13 Å². The Hall–Kier alpha value is -5.35. The number of aliphatic hydroxyl groups is 2. The van der Waals surface area contributed by atoms with Crippen LogP contribution in [0.1, 0.15) is 226 Å². The number of hydrogen-bond donors (Lipinski definition) is 4. The molecule has 0 bridgehead atoms. The van der Waals surface area contributed by atoms with Crippen molar-refractivity contribution in [2.75, 3.05) is 39.6 Å². The second kappa shape index (κ2) is 68.6. The molecular weight excluding hydrogens is 1240 g/mol. The van der Waals surface area contributed by atoms with Gasteiger partial charge in [-0.1, -0.05) is 235 Å². The highest BCUT2D eigenvalue weighted by molar-refractivity contribution is 7.47. The molecule has 0 aromatic carbocycles. The van der Waals surface area contributed by atoms with Crippen LogP contribution in [0.2, 0.25) is 0 Å². The topological polar surface area (TPSA) is 231 Å². The van der Waals surface area contributed by atoms with Crippen molar-refractivity contribution in [1.82, 2.24) is 0 Å². The number of hydrogen-bond acceptors (Lipinski definition) is 14. The number of phosphoric acid groups is 2. The molecule has 0 radical (unpaired) electrons. The first-order valence-electron chi connectivity index (χ1n) is 35.1. The van der Waals surface area contributed by atoms with Gasteiger partial charge in [0.15, 0.2) is 6.10 Å². The Morgan fingerprint density at radius 1 is 0.295 bits per heavy atom. The molecule has 0 aliphatic rings. The summed E-state index contributed by atoms with van der Waals surface area (Å²) in [7, 11) is -9.82. The van der Waals surface area contributed by atoms with E-state index in [1.165, 1.54) is 0 Å². The Labute approximate surface area is 573 Å². The number of allylic oxidation sites excluding steroid dienone is 30. The summed E-state index contributed by atoms with van der Waals surface area (Å²) < 4.78 is 60.9. The van der Waals surface area contributed by atoms with E-state index in [1.54, 1.807) is 0 Å². The standard InChI is InChI=1S/C77H122O16P2/c1-4-7-10-13-16-19-22-25-28-30-32-34-35-37-39-40-43-45-48-51-54-57-60-63-75(80)87-66-72(78)67-89-94(83,84)90-68-73(79)69-91-95(85,86)92-71-74(93-77(82)65-62-59-56-53-50-47-42-27-24-21-18-15-12-9-6-3)70-88-76(81)64-61-58-55-52-49-46-44-41-38-36-33-31-29-26-23-20-17-14-11-8-5-2/h7-12,16-21,25-29,32-34,36-37,39,41-45,49,52,72-74,78-79H,4-6,13-15,22-24,30-31,35,38,40,46-48,50-51,53-71H2,1-3H3,(H,83,84)(H,85,86)/b10-7-,11-8-,12-9-,19-16-,20-17-,21-18-,28-25-,29-26-,34-32-,36-33-,39-37-,42-27-,44-41-,45-43-,52-49-. The molecule has 0 aliphatic carbocycles. The fourth-order valence-electron chi connectivity index (χ4n) is 8.35. The van der Waals surface area contributed by atoms with Crippen LogP contribution >= 0.6 is 15.6 Å². The molecule has 0 rings (SSSR count). The molecule has 95 heavy (non-hydrogen) atoms. The van der Waals surface area contributed by atoms with Crippen LogP contribution in [0, 0.1) is 0 Å². The van der Waals surface area contributed by atoms with Crippen molar-refractivity contribution in [2.24, 2.45) is 0 Å². The summed E-state index contributed by atoms with van der Waals surface area (Å²) in [5, 5.41) is 20.6. The number of phosphoric ester groups is 2. The Kier molecular flexibility index (Phi) is 64.7. The molecule has 0 saturated carbocycles. The van der Waals surface area contributed by atoms with Crippen molar-refractivity contribution in [3.8, 4) is 0 Å². The number of carbonyl (C=O) groups is 3. The van der Waals surface area contributed by atoms with Gasteiger partial charge in [0, 0.05) is 19.3 Å². The molecule has 4 N–H and O–H groups in total. The third-order valence-corrected chi connectivity index (χ3v) is 15.5. The predicted molar refractivity (Wildman–Crippen MR) is 389 cm³/mol. The second-order valence-electron chi connectivity index (χ2n) is 22.5. The van der Waals surface area contributed by atoms with E-state index < -0.39 is 91.5 Å². The minimum Gasteiger partial charge on any atom is -0.463 e. The Bertz CT molecular complexity index is 2460. The first-order valence-corrected chi connectivity index (χ1v) is 38.1. The highest BCUT2D eigenvalue weighted by Crippen LogP contribution is 2.45. The normalized spacial score (nSPS) is 15.2. The zero-order valence-corrected chi connectivity index (χ0v) is 59.8. The van der Waals surface area contributed by atoms with Crippen LogP contribution in [0.25, 0.3) is 0 Å². The van der Waals surface area contributed by atoms with Crippen molar-refractivity contribution < 1.29 is 75.8 Å². The lowest BCUT2D eigenvalue weighted by Crippen LogP contribution is -2.30. The lowest BCUT2D eigenvalue weighted by Gasteiger charge is -2.21. The Balaban J connectivity index is 4.76. The Morgan fingerprint density at radius 3 is 0.853 bits per heavy atom. The summed E-state index contributed by atoms with van der Waals surface area (Å²) in [6.07, 6.45) is 86.6. The van der Waals surface area contributed by atoms with Crippen LogP contribution < -0.4 is 0 Å². The first kappa shape index (κ1) is 89.6. The number of carbonyl (C=O) groups excluding carboxylic acids is 3. The molecule has 0 heterocycles. The third kappa shape index (κ3) is 69.8. The quantitative estimate of drug-likeness (QED) is 0.0146. The highest BCUT2D eigenvalue weighted by atomic mass is 31.2. The molecular formula is C77H122O16P2. The molecule has 0 fully saturated rings. The van der Waals surface area contributed by atoms with Crippen molar-refractivity contribution in [3.05, 3.63) is 182 Å². The van der Waals surface area contributed by atoms with Crippen LogP contribution in [0.3, 0.4) is 0 Å². The smallest absolute Gasteiger partial charge is 0.463 e. The van der Waals surface area contributed by atoms with Crippen molar-refractivity contribution >= 4 is 33.6 Å². The van der Waals surface area contributed by atoms with E-state index in [-0.39, 0.29) is 19.3 Å². The van der Waals surface area contributed by atoms with Gasteiger partial charge >= 0.3 is 33.6 Å². The van der Waals surface area contributed by atoms with E-state index in [4.69, 9.17) is 32.3 Å². The van der Waals surface area contributed by atoms with Crippen molar-refractivity contribution in [3.63, 3.8) is 0 Å². The summed E-state index contributed by atoms with van der Waals surface area (Å²) in [4.78, 5) is 58.4. The van der Waals surface area contributed by atoms with Crippen LogP contribution in [0.15, 0.2) is 182 Å². The van der Waals surface area contributed by atoms with Gasteiger partial charge in [0.25, 0.3) is 0 Å². The largest absolute Gasteiger partial charge is 0.472 e. The minimum atomic E-state index is -4.95. The van der Waals surface area contributed by atoms with Crippen molar-refractivity contribution in [2.45, 2.75) is 245 Å².